The van der Waals surface area contributed by atoms with Gasteiger partial charge in [-0.15, -0.1) is 0 Å². The standard InChI is InChI=1S/C19H20N4O3S/c1-12-7-13-8-15(20)3-4-18(13)23(12)19(24)17-10-21-9-14-11-22(27(2,25)26)6-5-16(14)17/h3-4,7-10H,5-6,11,20H2,1-2H3. The number of aryl methyl sites for hydroxylation is 1. The Hall–Kier alpha value is -2.71. The summed E-state index contributed by atoms with van der Waals surface area (Å²) in [4.78, 5) is 17.5. The van der Waals surface area contributed by atoms with E-state index in [4.69, 9.17) is 5.73 Å². The molecule has 2 N–H and O–H groups in total. The molecular formula is C19H20N4O3S. The molecule has 7 nitrogen and oxygen atoms in total. The minimum Gasteiger partial charge on any atom is -0.399 e. The van der Waals surface area contributed by atoms with E-state index in [2.05, 4.69) is 4.98 Å². The lowest BCUT2D eigenvalue weighted by Crippen LogP contribution is -2.36. The van der Waals surface area contributed by atoms with Gasteiger partial charge in [-0.25, -0.2) is 8.42 Å². The molecule has 0 saturated carbocycles. The summed E-state index contributed by atoms with van der Waals surface area (Å²) in [5, 5.41) is 0.904. The first-order valence-electron chi connectivity index (χ1n) is 8.59. The number of nitrogens with two attached hydrogens (primary N) is 1. The number of hydrogen-bond donors (Lipinski definition) is 1. The van der Waals surface area contributed by atoms with Crippen molar-refractivity contribution in [1.29, 1.82) is 0 Å². The lowest BCUT2D eigenvalue weighted by atomic mass is 9.98. The third kappa shape index (κ3) is 3.00. The van der Waals surface area contributed by atoms with Crippen molar-refractivity contribution in [2.45, 2.75) is 19.9 Å². The van der Waals surface area contributed by atoms with Crippen LogP contribution in [0.4, 0.5) is 5.69 Å². The van der Waals surface area contributed by atoms with Crippen molar-refractivity contribution in [2.75, 3.05) is 18.5 Å². The van der Waals surface area contributed by atoms with Crippen molar-refractivity contribution in [3.63, 3.8) is 0 Å². The monoisotopic (exact) mass is 384 g/mol. The third-order valence-electron chi connectivity index (χ3n) is 5.02. The number of hydrogen-bond acceptors (Lipinski definition) is 5. The minimum absolute atomic E-state index is 0.163. The van der Waals surface area contributed by atoms with Gasteiger partial charge in [0, 0.05) is 42.3 Å². The van der Waals surface area contributed by atoms with Gasteiger partial charge in [0.1, 0.15) is 0 Å². The van der Waals surface area contributed by atoms with E-state index >= 15 is 0 Å². The van der Waals surface area contributed by atoms with Crippen molar-refractivity contribution in [3.05, 3.63) is 59.0 Å². The van der Waals surface area contributed by atoms with Crippen LogP contribution in [-0.4, -0.2) is 41.0 Å². The highest BCUT2D eigenvalue weighted by Gasteiger charge is 2.27. The van der Waals surface area contributed by atoms with Crippen molar-refractivity contribution >= 4 is 32.5 Å². The van der Waals surface area contributed by atoms with Crippen LogP contribution in [0.25, 0.3) is 10.9 Å². The summed E-state index contributed by atoms with van der Waals surface area (Å²) >= 11 is 0. The second-order valence-electron chi connectivity index (χ2n) is 6.92. The van der Waals surface area contributed by atoms with Gasteiger partial charge in [0.15, 0.2) is 0 Å². The first-order valence-corrected chi connectivity index (χ1v) is 10.4. The van der Waals surface area contributed by atoms with E-state index in [-0.39, 0.29) is 12.5 Å². The predicted octanol–water partition coefficient (Wildman–Crippen LogP) is 1.93. The van der Waals surface area contributed by atoms with Gasteiger partial charge in [0.25, 0.3) is 5.91 Å². The lowest BCUT2D eigenvalue weighted by Gasteiger charge is -2.27. The Bertz CT molecular complexity index is 1180. The van der Waals surface area contributed by atoms with Crippen LogP contribution in [0.2, 0.25) is 0 Å². The number of sulfonamides is 1. The Morgan fingerprint density at radius 3 is 2.74 bits per heavy atom. The van der Waals surface area contributed by atoms with Gasteiger partial charge < -0.3 is 5.73 Å². The molecule has 27 heavy (non-hydrogen) atoms. The van der Waals surface area contributed by atoms with Crippen molar-refractivity contribution in [2.24, 2.45) is 0 Å². The highest BCUT2D eigenvalue weighted by atomic mass is 32.2. The maximum atomic E-state index is 13.3. The van der Waals surface area contributed by atoms with Gasteiger partial charge in [-0.2, -0.15) is 4.31 Å². The fraction of sp³-hybridized carbons (Fsp3) is 0.263. The van der Waals surface area contributed by atoms with E-state index in [1.54, 1.807) is 23.0 Å². The van der Waals surface area contributed by atoms with E-state index < -0.39 is 10.0 Å². The maximum absolute atomic E-state index is 13.3. The number of nitrogens with zero attached hydrogens (tertiary/aromatic N) is 3. The third-order valence-corrected chi connectivity index (χ3v) is 6.27. The van der Waals surface area contributed by atoms with Gasteiger partial charge in [0.05, 0.1) is 17.3 Å². The quantitative estimate of drug-likeness (QED) is 0.681. The lowest BCUT2D eigenvalue weighted by molar-refractivity contribution is 0.0961. The molecule has 0 fully saturated rings. The molecule has 0 bridgehead atoms. The Kier molecular flexibility index (Phi) is 4.05. The molecule has 0 spiro atoms. The van der Waals surface area contributed by atoms with E-state index in [0.717, 1.165) is 27.7 Å². The number of nitrogen functional groups attached to an aromatic ring is 1. The summed E-state index contributed by atoms with van der Waals surface area (Å²) in [5.74, 6) is -0.163. The predicted molar refractivity (Wildman–Crippen MR) is 104 cm³/mol. The van der Waals surface area contributed by atoms with Crippen LogP contribution in [0.15, 0.2) is 36.7 Å². The van der Waals surface area contributed by atoms with Crippen LogP contribution in [0, 0.1) is 6.92 Å². The number of benzene rings is 1. The van der Waals surface area contributed by atoms with E-state index in [0.29, 0.717) is 24.2 Å². The topological polar surface area (TPSA) is 98.3 Å². The summed E-state index contributed by atoms with van der Waals surface area (Å²) in [6.07, 6.45) is 4.89. The summed E-state index contributed by atoms with van der Waals surface area (Å²) in [6.45, 7) is 2.48. The smallest absolute Gasteiger partial charge is 0.264 e. The zero-order chi connectivity index (χ0) is 19.3. The molecule has 0 atom stereocenters. The molecule has 1 aromatic carbocycles. The van der Waals surface area contributed by atoms with E-state index in [1.165, 1.54) is 10.6 Å². The normalized spacial score (nSPS) is 15.0. The van der Waals surface area contributed by atoms with Gasteiger partial charge in [-0.1, -0.05) is 0 Å². The highest BCUT2D eigenvalue weighted by molar-refractivity contribution is 7.88. The van der Waals surface area contributed by atoms with Crippen molar-refractivity contribution < 1.29 is 13.2 Å². The molecule has 140 valence electrons. The fourth-order valence-corrected chi connectivity index (χ4v) is 4.49. The van der Waals surface area contributed by atoms with Crippen LogP contribution in [-0.2, 0) is 23.0 Å². The van der Waals surface area contributed by atoms with Crippen LogP contribution in [0.3, 0.4) is 0 Å². The number of carbonyl (C=O) groups is 1. The zero-order valence-electron chi connectivity index (χ0n) is 15.1. The Morgan fingerprint density at radius 1 is 1.22 bits per heavy atom. The van der Waals surface area contributed by atoms with Crippen molar-refractivity contribution in [1.82, 2.24) is 13.9 Å². The van der Waals surface area contributed by atoms with Gasteiger partial charge in [-0.3, -0.25) is 14.3 Å². The molecule has 3 heterocycles. The average molecular weight is 384 g/mol. The van der Waals surface area contributed by atoms with Gasteiger partial charge in [-0.05, 0) is 48.7 Å². The number of rotatable bonds is 2. The second-order valence-corrected chi connectivity index (χ2v) is 8.90. The van der Waals surface area contributed by atoms with Crippen LogP contribution in [0.1, 0.15) is 27.2 Å². The number of carbonyl (C=O) groups excluding carboxylic acids is 1. The molecule has 8 heteroatoms. The van der Waals surface area contributed by atoms with Crippen molar-refractivity contribution in [3.8, 4) is 0 Å². The fourth-order valence-electron chi connectivity index (χ4n) is 3.70. The average Bonchev–Trinajstić information content (AvgIpc) is 2.94. The zero-order valence-corrected chi connectivity index (χ0v) is 16.0. The number of fused-ring (bicyclic) bond motifs is 2. The summed E-state index contributed by atoms with van der Waals surface area (Å²) < 4.78 is 26.8. The molecule has 1 aliphatic rings. The minimum atomic E-state index is -3.28. The van der Waals surface area contributed by atoms with Crippen LogP contribution in [0.5, 0.6) is 0 Å². The molecule has 0 aliphatic carbocycles. The molecular weight excluding hydrogens is 364 g/mol. The first-order chi connectivity index (χ1) is 12.8. The van der Waals surface area contributed by atoms with Crippen LogP contribution >= 0.6 is 0 Å². The molecule has 4 rings (SSSR count). The van der Waals surface area contributed by atoms with Gasteiger partial charge in [0.2, 0.25) is 10.0 Å². The molecule has 1 aliphatic heterocycles. The largest absolute Gasteiger partial charge is 0.399 e. The molecule has 0 radical (unpaired) electrons. The van der Waals surface area contributed by atoms with Gasteiger partial charge >= 0.3 is 0 Å². The molecule has 0 saturated heterocycles. The molecule has 3 aromatic rings. The summed E-state index contributed by atoms with van der Waals surface area (Å²) in [6, 6.07) is 7.38. The first kappa shape index (κ1) is 17.7. The molecule has 0 unspecified atom stereocenters. The highest BCUT2D eigenvalue weighted by Crippen LogP contribution is 2.27. The SMILES string of the molecule is Cc1cc2cc(N)ccc2n1C(=O)c1cncc2c1CCN(S(C)(=O)=O)C2. The maximum Gasteiger partial charge on any atom is 0.264 e. The number of pyridine rings is 1. The number of anilines is 1. The Labute approximate surface area is 157 Å². The van der Waals surface area contributed by atoms with E-state index in [9.17, 15) is 13.2 Å². The number of aromatic nitrogens is 2. The Balaban J connectivity index is 1.80. The molecule has 0 amide bonds. The Morgan fingerprint density at radius 2 is 2.00 bits per heavy atom. The van der Waals surface area contributed by atoms with E-state index in [1.807, 2.05) is 25.1 Å². The second kappa shape index (κ2) is 6.17. The van der Waals surface area contributed by atoms with Crippen LogP contribution < -0.4 is 5.73 Å². The summed E-state index contributed by atoms with van der Waals surface area (Å²) in [7, 11) is -3.28. The molecule has 2 aromatic heterocycles. The summed E-state index contributed by atoms with van der Waals surface area (Å²) in [5.41, 5.74) is 10.3.